The molecule has 2 aromatic heterocycles. The Morgan fingerprint density at radius 1 is 0.500 bits per heavy atom. The molecule has 0 aliphatic rings. The van der Waals surface area contributed by atoms with Crippen molar-refractivity contribution < 1.29 is 13.2 Å². The van der Waals surface area contributed by atoms with Crippen molar-refractivity contribution >= 4 is 49.3 Å². The normalized spacial score (nSPS) is 11.8. The number of aromatic nitrogens is 2. The van der Waals surface area contributed by atoms with E-state index in [1.807, 2.05) is 36.4 Å². The fraction of sp³-hybridized carbons (Fsp3) is 0.123. The predicted octanol–water partition coefficient (Wildman–Crippen LogP) is 16.2. The number of alkyl halides is 3. The van der Waals surface area contributed by atoms with Crippen LogP contribution in [0.3, 0.4) is 0 Å². The smallest absolute Gasteiger partial charge is 0.308 e. The second-order valence-corrected chi connectivity index (χ2v) is 17.1. The van der Waals surface area contributed by atoms with E-state index in [4.69, 9.17) is 6.57 Å². The lowest BCUT2D eigenvalue weighted by Gasteiger charge is -2.21. The molecule has 0 aliphatic carbocycles. The minimum atomic E-state index is -4.80. The van der Waals surface area contributed by atoms with Crippen molar-refractivity contribution in [3.8, 4) is 50.8 Å². The molecular weight excluding hydrogens is 798 g/mol. The topological polar surface area (TPSA) is 38.0 Å². The molecule has 0 spiro atoms. The van der Waals surface area contributed by atoms with Crippen LogP contribution >= 0.6 is 0 Å². The van der Waals surface area contributed by atoms with E-state index in [0.717, 1.165) is 66.4 Å². The molecule has 0 saturated heterocycles. The molecule has 0 N–H and O–H groups in total. The van der Waals surface area contributed by atoms with Gasteiger partial charge in [-0.15, -0.1) is 0 Å². The Balaban J connectivity index is 1.34. The minimum Gasteiger partial charge on any atom is -0.308 e. The fourth-order valence-corrected chi connectivity index (χ4v) is 10.4. The minimum absolute atomic E-state index is 0.0517. The number of para-hydroxylation sites is 2. The fourth-order valence-electron chi connectivity index (χ4n) is 10.4. The maximum Gasteiger partial charge on any atom is 0.417 e. The van der Waals surface area contributed by atoms with Gasteiger partial charge in [0.1, 0.15) is 0 Å². The number of hydrogen-bond acceptors (Lipinski definition) is 1. The van der Waals surface area contributed by atoms with Crippen molar-refractivity contribution in [3.05, 3.63) is 195 Å². The van der Waals surface area contributed by atoms with Crippen molar-refractivity contribution in [1.82, 2.24) is 9.13 Å². The van der Waals surface area contributed by atoms with Gasteiger partial charge in [0.15, 0.2) is 5.69 Å². The third-order valence-electron chi connectivity index (χ3n) is 12.7. The van der Waals surface area contributed by atoms with Gasteiger partial charge in [0, 0.05) is 21.5 Å². The highest BCUT2D eigenvalue weighted by Gasteiger charge is 2.35. The third kappa shape index (κ3) is 6.35. The summed E-state index contributed by atoms with van der Waals surface area (Å²) in [6, 6.07) is 46.9. The molecule has 0 aliphatic heterocycles. The average molecular weight is 839 g/mol. The van der Waals surface area contributed by atoms with Gasteiger partial charge in [-0.1, -0.05) is 90.0 Å². The first-order valence-corrected chi connectivity index (χ1v) is 21.2. The molecule has 310 valence electrons. The van der Waals surface area contributed by atoms with Gasteiger partial charge >= 0.3 is 6.18 Å². The van der Waals surface area contributed by atoms with Gasteiger partial charge in [-0.2, -0.15) is 18.4 Å². The summed E-state index contributed by atoms with van der Waals surface area (Å²) >= 11 is 0. The number of fused-ring (bicyclic) bond motifs is 6. The molecule has 0 atom stereocenters. The first-order valence-electron chi connectivity index (χ1n) is 21.2. The number of halogens is 3. The summed E-state index contributed by atoms with van der Waals surface area (Å²) in [5, 5.41) is 13.6. The molecule has 10 rings (SSSR count). The predicted molar refractivity (Wildman–Crippen MR) is 256 cm³/mol. The second-order valence-electron chi connectivity index (χ2n) is 17.1. The van der Waals surface area contributed by atoms with Gasteiger partial charge in [0.2, 0.25) is 0 Å². The molecule has 10 aromatic rings. The van der Waals surface area contributed by atoms with Crippen LogP contribution < -0.4 is 0 Å². The van der Waals surface area contributed by atoms with Crippen LogP contribution in [0.25, 0.3) is 93.2 Å². The lowest BCUT2D eigenvalue weighted by atomic mass is 9.93. The van der Waals surface area contributed by atoms with Crippen molar-refractivity contribution in [2.45, 2.75) is 47.7 Å². The second kappa shape index (κ2) is 14.9. The van der Waals surface area contributed by atoms with E-state index in [1.165, 1.54) is 51.1 Å². The Morgan fingerprint density at radius 2 is 0.953 bits per heavy atom. The summed E-state index contributed by atoms with van der Waals surface area (Å²) in [6.45, 7) is 21.2. The van der Waals surface area contributed by atoms with Crippen LogP contribution in [0.5, 0.6) is 0 Å². The van der Waals surface area contributed by atoms with Crippen molar-refractivity contribution in [1.29, 1.82) is 5.26 Å². The standard InChI is InChI=1S/C57H41F3N4/c1-32-22-34(3)55(35(4)23-32)39-17-20-51-45(27-39)42-12-8-10-14-49(42)63(51)53-29-44(41-19-16-38(31-61)26-47(41)57(58,59)60)48(62-7)30-54(53)64-50-15-11-9-13-43(50)46-28-40(18-21-52(46)64)56-36(5)24-33(2)25-37(56)6/h8-30H,1-6H3. The molecule has 0 radical (unpaired) electrons. The Morgan fingerprint density at radius 3 is 1.41 bits per heavy atom. The van der Waals surface area contributed by atoms with E-state index in [9.17, 15) is 5.26 Å². The zero-order chi connectivity index (χ0) is 44.8. The number of nitriles is 1. The molecule has 64 heavy (non-hydrogen) atoms. The van der Waals surface area contributed by atoms with Gasteiger partial charge in [0.25, 0.3) is 0 Å². The summed E-state index contributed by atoms with van der Waals surface area (Å²) < 4.78 is 49.3. The summed E-state index contributed by atoms with van der Waals surface area (Å²) in [5.41, 5.74) is 15.2. The Kier molecular flexibility index (Phi) is 9.36. The molecule has 4 nitrogen and oxygen atoms in total. The molecule has 0 fully saturated rings. The Bertz CT molecular complexity index is 3650. The van der Waals surface area contributed by atoms with Crippen LogP contribution in [0.15, 0.2) is 140 Å². The zero-order valence-electron chi connectivity index (χ0n) is 36.2. The zero-order valence-corrected chi connectivity index (χ0v) is 36.2. The number of aryl methyl sites for hydroxylation is 6. The molecular formula is C57H41F3N4. The van der Waals surface area contributed by atoms with Crippen molar-refractivity contribution in [3.63, 3.8) is 0 Å². The quantitative estimate of drug-likeness (QED) is 0.159. The third-order valence-corrected chi connectivity index (χ3v) is 12.7. The van der Waals surface area contributed by atoms with Crippen molar-refractivity contribution in [2.75, 3.05) is 0 Å². The van der Waals surface area contributed by atoms with E-state index in [1.54, 1.807) is 12.1 Å². The van der Waals surface area contributed by atoms with Crippen LogP contribution in [0.4, 0.5) is 18.9 Å². The number of nitrogens with zero attached hydrogens (tertiary/aromatic N) is 4. The van der Waals surface area contributed by atoms with E-state index in [-0.39, 0.29) is 22.4 Å². The molecule has 7 heteroatoms. The number of hydrogen-bond donors (Lipinski definition) is 0. The van der Waals surface area contributed by atoms with E-state index in [0.29, 0.717) is 11.4 Å². The first kappa shape index (κ1) is 40.2. The van der Waals surface area contributed by atoms with E-state index in [2.05, 4.69) is 134 Å². The number of rotatable bonds is 5. The average Bonchev–Trinajstić information content (AvgIpc) is 3.77. The summed E-state index contributed by atoms with van der Waals surface area (Å²) in [7, 11) is 0. The molecule has 8 aromatic carbocycles. The summed E-state index contributed by atoms with van der Waals surface area (Å²) in [4.78, 5) is 3.93. The van der Waals surface area contributed by atoms with Crippen LogP contribution in [0.1, 0.15) is 44.5 Å². The molecule has 0 saturated carbocycles. The van der Waals surface area contributed by atoms with Gasteiger partial charge in [-0.25, -0.2) is 4.85 Å². The van der Waals surface area contributed by atoms with Gasteiger partial charge < -0.3 is 9.13 Å². The van der Waals surface area contributed by atoms with Crippen LogP contribution in [0.2, 0.25) is 0 Å². The van der Waals surface area contributed by atoms with Gasteiger partial charge in [0.05, 0.1) is 57.2 Å². The highest BCUT2D eigenvalue weighted by molar-refractivity contribution is 6.13. The van der Waals surface area contributed by atoms with Gasteiger partial charge in [-0.05, 0) is 158 Å². The number of benzene rings is 8. The lowest BCUT2D eigenvalue weighted by molar-refractivity contribution is -0.137. The molecule has 0 amide bonds. The van der Waals surface area contributed by atoms with Crippen LogP contribution in [-0.4, -0.2) is 9.13 Å². The SMILES string of the molecule is [C-]#[N+]c1cc(-n2c3ccccc3c3cc(-c4c(C)cc(C)cc4C)ccc32)c(-n2c3ccccc3c3cc(-c4c(C)cc(C)cc4C)ccc32)cc1-c1ccc(C#N)cc1C(F)(F)F. The summed E-state index contributed by atoms with van der Waals surface area (Å²) in [6.07, 6.45) is -4.80. The largest absolute Gasteiger partial charge is 0.417 e. The molecule has 2 heterocycles. The van der Waals surface area contributed by atoms with E-state index >= 15 is 13.2 Å². The van der Waals surface area contributed by atoms with Gasteiger partial charge in [-0.3, -0.25) is 0 Å². The highest BCUT2D eigenvalue weighted by atomic mass is 19.4. The first-order chi connectivity index (χ1) is 30.7. The summed E-state index contributed by atoms with van der Waals surface area (Å²) in [5.74, 6) is 0. The van der Waals surface area contributed by atoms with Crippen LogP contribution in [-0.2, 0) is 6.18 Å². The highest BCUT2D eigenvalue weighted by Crippen LogP contribution is 2.47. The molecule has 0 unspecified atom stereocenters. The maximum absolute atomic E-state index is 15.0. The Hall–Kier alpha value is -7.87. The lowest BCUT2D eigenvalue weighted by Crippen LogP contribution is -2.09. The van der Waals surface area contributed by atoms with Crippen molar-refractivity contribution in [2.24, 2.45) is 0 Å². The molecule has 0 bridgehead atoms. The van der Waals surface area contributed by atoms with Crippen LogP contribution in [0, 0.1) is 59.4 Å². The monoisotopic (exact) mass is 838 g/mol. The van der Waals surface area contributed by atoms with E-state index < -0.39 is 11.7 Å². The Labute approximate surface area is 369 Å². The maximum atomic E-state index is 15.0.